The van der Waals surface area contributed by atoms with Gasteiger partial charge in [0.15, 0.2) is 0 Å². The molecule has 0 radical (unpaired) electrons. The summed E-state index contributed by atoms with van der Waals surface area (Å²) in [5, 5.41) is 1.30. The van der Waals surface area contributed by atoms with Gasteiger partial charge in [0.1, 0.15) is 0 Å². The monoisotopic (exact) mass is 237 g/mol. The summed E-state index contributed by atoms with van der Waals surface area (Å²) in [4.78, 5) is 0. The minimum atomic E-state index is -3.21. The van der Waals surface area contributed by atoms with Gasteiger partial charge in [-0.15, -0.1) is 0 Å². The first kappa shape index (κ1) is 11.4. The summed E-state index contributed by atoms with van der Waals surface area (Å²) in [6.45, 7) is 1.31. The molecule has 0 aromatic heterocycles. The Hall–Kier alpha value is -1.13. The summed E-state index contributed by atoms with van der Waals surface area (Å²) >= 11 is 0. The second-order valence-corrected chi connectivity index (χ2v) is 5.68. The van der Waals surface area contributed by atoms with Gasteiger partial charge in [0.2, 0.25) is 10.0 Å². The molecule has 1 fully saturated rings. The maximum absolute atomic E-state index is 11.8. The number of rotatable bonds is 3. The first-order valence-corrected chi connectivity index (χ1v) is 6.92. The molecule has 1 heterocycles. The predicted molar refractivity (Wildman–Crippen MR) is 65.2 cm³/mol. The smallest absolute Gasteiger partial charge is 0.208 e. The standard InChI is InChI=1S/C12H15NO2S/c14-16(15,13-9-4-5-10-13)11-8-12-6-2-1-3-7-12/h1-3,6-8,11H,4-5,9-10H2/b11-8+. The molecule has 1 aromatic rings. The predicted octanol–water partition coefficient (Wildman–Crippen LogP) is 2.08. The minimum Gasteiger partial charge on any atom is -0.208 e. The van der Waals surface area contributed by atoms with Crippen LogP contribution < -0.4 is 0 Å². The van der Waals surface area contributed by atoms with Crippen molar-refractivity contribution in [3.8, 4) is 0 Å². The van der Waals surface area contributed by atoms with Crippen molar-refractivity contribution in [2.75, 3.05) is 13.1 Å². The highest BCUT2D eigenvalue weighted by atomic mass is 32.2. The third-order valence-corrected chi connectivity index (χ3v) is 4.22. The molecule has 0 amide bonds. The van der Waals surface area contributed by atoms with Gasteiger partial charge < -0.3 is 0 Å². The van der Waals surface area contributed by atoms with Crippen LogP contribution in [-0.2, 0) is 10.0 Å². The Morgan fingerprint density at radius 1 is 1.06 bits per heavy atom. The third-order valence-electron chi connectivity index (χ3n) is 2.66. The Morgan fingerprint density at radius 2 is 1.69 bits per heavy atom. The largest absolute Gasteiger partial charge is 0.236 e. The third kappa shape index (κ3) is 2.71. The van der Waals surface area contributed by atoms with Gasteiger partial charge in [-0.1, -0.05) is 30.3 Å². The van der Waals surface area contributed by atoms with Crippen LogP contribution in [0.4, 0.5) is 0 Å². The number of nitrogens with zero attached hydrogens (tertiary/aromatic N) is 1. The number of sulfonamides is 1. The average molecular weight is 237 g/mol. The van der Waals surface area contributed by atoms with Crippen LogP contribution in [0.2, 0.25) is 0 Å². The molecule has 16 heavy (non-hydrogen) atoms. The van der Waals surface area contributed by atoms with E-state index in [1.54, 1.807) is 6.08 Å². The fourth-order valence-corrected chi connectivity index (χ4v) is 3.03. The van der Waals surface area contributed by atoms with Gasteiger partial charge in [0.05, 0.1) is 0 Å². The highest BCUT2D eigenvalue weighted by Crippen LogP contribution is 2.15. The van der Waals surface area contributed by atoms with E-state index in [-0.39, 0.29) is 0 Å². The molecule has 86 valence electrons. The van der Waals surface area contributed by atoms with Crippen LogP contribution in [0, 0.1) is 0 Å². The van der Waals surface area contributed by atoms with Crippen molar-refractivity contribution in [3.63, 3.8) is 0 Å². The second-order valence-electron chi connectivity index (χ2n) is 3.86. The van der Waals surface area contributed by atoms with E-state index in [0.29, 0.717) is 13.1 Å². The minimum absolute atomic E-state index is 0.654. The maximum atomic E-state index is 11.8. The van der Waals surface area contributed by atoms with Crippen LogP contribution in [0.5, 0.6) is 0 Å². The van der Waals surface area contributed by atoms with E-state index < -0.39 is 10.0 Å². The molecule has 0 spiro atoms. The van der Waals surface area contributed by atoms with Gasteiger partial charge in [-0.05, 0) is 24.5 Å². The Kier molecular flexibility index (Phi) is 3.41. The van der Waals surface area contributed by atoms with Crippen molar-refractivity contribution in [2.24, 2.45) is 0 Å². The summed E-state index contributed by atoms with van der Waals surface area (Å²) < 4.78 is 25.2. The maximum Gasteiger partial charge on any atom is 0.236 e. The van der Waals surface area contributed by atoms with Crippen LogP contribution in [-0.4, -0.2) is 25.8 Å². The molecule has 0 bridgehead atoms. The average Bonchev–Trinajstić information content (AvgIpc) is 2.82. The van der Waals surface area contributed by atoms with Crippen molar-refractivity contribution in [2.45, 2.75) is 12.8 Å². The van der Waals surface area contributed by atoms with Crippen LogP contribution in [0.1, 0.15) is 18.4 Å². The van der Waals surface area contributed by atoms with Crippen molar-refractivity contribution in [1.29, 1.82) is 0 Å². The van der Waals surface area contributed by atoms with Crippen molar-refractivity contribution >= 4 is 16.1 Å². The number of hydrogen-bond donors (Lipinski definition) is 0. The summed E-state index contributed by atoms with van der Waals surface area (Å²) in [7, 11) is -3.21. The van der Waals surface area contributed by atoms with Gasteiger partial charge in [-0.2, -0.15) is 4.31 Å². The molecule has 1 aromatic carbocycles. The van der Waals surface area contributed by atoms with E-state index >= 15 is 0 Å². The SMILES string of the molecule is O=S(=O)(/C=C/c1ccccc1)N1CCCC1. The molecule has 1 aliphatic heterocycles. The van der Waals surface area contributed by atoms with E-state index in [9.17, 15) is 8.42 Å². The second kappa shape index (κ2) is 4.80. The highest BCUT2D eigenvalue weighted by molar-refractivity contribution is 7.92. The Bertz CT molecular complexity index is 459. The fraction of sp³-hybridized carbons (Fsp3) is 0.333. The number of hydrogen-bond acceptors (Lipinski definition) is 2. The van der Waals surface area contributed by atoms with Crippen molar-refractivity contribution < 1.29 is 8.42 Å². The number of benzene rings is 1. The van der Waals surface area contributed by atoms with Crippen molar-refractivity contribution in [3.05, 3.63) is 41.3 Å². The zero-order valence-electron chi connectivity index (χ0n) is 9.04. The summed E-state index contributed by atoms with van der Waals surface area (Å²) in [6.07, 6.45) is 3.59. The van der Waals surface area contributed by atoms with Gasteiger partial charge >= 0.3 is 0 Å². The van der Waals surface area contributed by atoms with E-state index in [0.717, 1.165) is 18.4 Å². The molecule has 2 rings (SSSR count). The summed E-state index contributed by atoms with van der Waals surface area (Å²) in [6, 6.07) is 9.46. The topological polar surface area (TPSA) is 37.4 Å². The Morgan fingerprint density at radius 3 is 2.31 bits per heavy atom. The molecule has 0 unspecified atom stereocenters. The lowest BCUT2D eigenvalue weighted by Crippen LogP contribution is -2.25. The molecular weight excluding hydrogens is 222 g/mol. The molecule has 3 nitrogen and oxygen atoms in total. The van der Waals surface area contributed by atoms with E-state index in [4.69, 9.17) is 0 Å². The van der Waals surface area contributed by atoms with Gasteiger partial charge in [-0.25, -0.2) is 8.42 Å². The molecule has 1 saturated heterocycles. The van der Waals surface area contributed by atoms with Gasteiger partial charge in [0.25, 0.3) is 0 Å². The molecule has 0 N–H and O–H groups in total. The lowest BCUT2D eigenvalue weighted by molar-refractivity contribution is 0.486. The van der Waals surface area contributed by atoms with Gasteiger partial charge in [0, 0.05) is 18.5 Å². The van der Waals surface area contributed by atoms with Crippen LogP contribution in [0.25, 0.3) is 6.08 Å². The van der Waals surface area contributed by atoms with Crippen molar-refractivity contribution in [1.82, 2.24) is 4.31 Å². The normalized spacial score (nSPS) is 18.2. The Labute approximate surface area is 96.4 Å². The quantitative estimate of drug-likeness (QED) is 0.807. The molecular formula is C12H15NO2S. The lowest BCUT2D eigenvalue weighted by Gasteiger charge is -2.11. The molecule has 4 heteroatoms. The molecule has 0 atom stereocenters. The molecule has 0 aliphatic carbocycles. The zero-order valence-corrected chi connectivity index (χ0v) is 9.86. The molecule has 0 saturated carbocycles. The van der Waals surface area contributed by atoms with Crippen LogP contribution in [0.15, 0.2) is 35.7 Å². The summed E-state index contributed by atoms with van der Waals surface area (Å²) in [5.74, 6) is 0. The van der Waals surface area contributed by atoms with Crippen LogP contribution in [0.3, 0.4) is 0 Å². The first-order valence-electron chi connectivity index (χ1n) is 5.42. The van der Waals surface area contributed by atoms with E-state index in [1.807, 2.05) is 30.3 Å². The van der Waals surface area contributed by atoms with Gasteiger partial charge in [-0.3, -0.25) is 0 Å². The Balaban J connectivity index is 2.11. The lowest BCUT2D eigenvalue weighted by atomic mass is 10.2. The zero-order chi connectivity index (χ0) is 11.4. The van der Waals surface area contributed by atoms with E-state index in [1.165, 1.54) is 9.71 Å². The first-order chi connectivity index (χ1) is 7.68. The fourth-order valence-electron chi connectivity index (χ4n) is 1.76. The van der Waals surface area contributed by atoms with E-state index in [2.05, 4.69) is 0 Å². The molecule has 1 aliphatic rings. The highest BCUT2D eigenvalue weighted by Gasteiger charge is 2.22. The summed E-state index contributed by atoms with van der Waals surface area (Å²) in [5.41, 5.74) is 0.908. The van der Waals surface area contributed by atoms with Crippen LogP contribution >= 0.6 is 0 Å².